The van der Waals surface area contributed by atoms with Gasteiger partial charge in [-0.2, -0.15) is 5.26 Å². The molecule has 1 rings (SSSR count). The minimum atomic E-state index is -0.521. The zero-order valence-corrected chi connectivity index (χ0v) is 8.20. The van der Waals surface area contributed by atoms with Crippen LogP contribution in [0.3, 0.4) is 0 Å². The van der Waals surface area contributed by atoms with E-state index in [-0.39, 0.29) is 18.3 Å². The molecule has 0 fully saturated rings. The number of allylic oxidation sites excluding steroid dienone is 3. The van der Waals surface area contributed by atoms with Crippen molar-refractivity contribution >= 4 is 5.90 Å². The molecule has 0 aliphatic carbocycles. The first-order chi connectivity index (χ1) is 7.17. The fourth-order valence-corrected chi connectivity index (χ4v) is 0.967. The van der Waals surface area contributed by atoms with Crippen molar-refractivity contribution in [2.24, 2.45) is 4.99 Å². The van der Waals surface area contributed by atoms with Crippen LogP contribution in [0.25, 0.3) is 0 Å². The Kier molecular flexibility index (Phi) is 3.65. The van der Waals surface area contributed by atoms with E-state index in [1.54, 1.807) is 0 Å². The molecule has 0 N–H and O–H groups in total. The van der Waals surface area contributed by atoms with Crippen LogP contribution in [0, 0.1) is 23.7 Å². The highest BCUT2D eigenvalue weighted by molar-refractivity contribution is 5.99. The fourth-order valence-electron chi connectivity index (χ4n) is 0.967. The monoisotopic (exact) mass is 204 g/mol. The molecule has 1 aliphatic heterocycles. The first kappa shape index (κ1) is 11.0. The molecular formula is C11H9FN2O. The summed E-state index contributed by atoms with van der Waals surface area (Å²) in [5.41, 5.74) is 0.338. The van der Waals surface area contributed by atoms with Crippen LogP contribution in [0.15, 0.2) is 28.5 Å². The maximum atomic E-state index is 12.4. The molecule has 1 unspecified atom stereocenters. The van der Waals surface area contributed by atoms with Crippen LogP contribution >= 0.6 is 0 Å². The molecule has 1 heterocycles. The van der Waals surface area contributed by atoms with E-state index >= 15 is 0 Å². The number of ether oxygens (including phenoxy) is 1. The van der Waals surface area contributed by atoms with Crippen LogP contribution in [0.4, 0.5) is 4.39 Å². The van der Waals surface area contributed by atoms with E-state index in [1.807, 2.05) is 6.07 Å². The standard InChI is InChI=1S/C11H9FN2O/c1-3-9(5-4-8(2)12)11-14-10(6-13)7-15-11/h1,4-5,10H,7H2,2H3. The second-order valence-electron chi connectivity index (χ2n) is 2.87. The van der Waals surface area contributed by atoms with Gasteiger partial charge in [-0.1, -0.05) is 5.92 Å². The topological polar surface area (TPSA) is 45.4 Å². The van der Waals surface area contributed by atoms with Gasteiger partial charge in [-0.25, -0.2) is 9.38 Å². The number of nitriles is 1. The van der Waals surface area contributed by atoms with Crippen molar-refractivity contribution in [3.8, 4) is 18.4 Å². The summed E-state index contributed by atoms with van der Waals surface area (Å²) < 4.78 is 17.5. The Morgan fingerprint density at radius 2 is 2.47 bits per heavy atom. The summed E-state index contributed by atoms with van der Waals surface area (Å²) in [5, 5.41) is 8.58. The first-order valence-electron chi connectivity index (χ1n) is 4.28. The van der Waals surface area contributed by atoms with Crippen LogP contribution in [0.1, 0.15) is 6.92 Å². The molecule has 0 saturated carbocycles. The minimum absolute atomic E-state index is 0.198. The lowest BCUT2D eigenvalue weighted by molar-refractivity contribution is 0.334. The van der Waals surface area contributed by atoms with Crippen LogP contribution in [0.5, 0.6) is 0 Å². The second-order valence-corrected chi connectivity index (χ2v) is 2.87. The SMILES string of the molecule is C#CC(=CC=C(C)F)C1=NC(C#N)CO1. The van der Waals surface area contributed by atoms with Crippen molar-refractivity contribution < 1.29 is 9.13 Å². The Hall–Kier alpha value is -2.07. The Labute approximate surface area is 87.6 Å². The molecule has 3 nitrogen and oxygen atoms in total. The number of rotatable bonds is 2. The molecule has 0 aromatic rings. The van der Waals surface area contributed by atoms with E-state index < -0.39 is 6.04 Å². The van der Waals surface area contributed by atoms with Crippen LogP contribution in [-0.2, 0) is 4.74 Å². The lowest BCUT2D eigenvalue weighted by Gasteiger charge is -1.97. The van der Waals surface area contributed by atoms with Gasteiger partial charge in [0.15, 0.2) is 6.04 Å². The summed E-state index contributed by atoms with van der Waals surface area (Å²) >= 11 is 0. The quantitative estimate of drug-likeness (QED) is 0.508. The van der Waals surface area contributed by atoms with Gasteiger partial charge >= 0.3 is 0 Å². The van der Waals surface area contributed by atoms with Crippen molar-refractivity contribution in [1.29, 1.82) is 5.26 Å². The molecule has 0 amide bonds. The number of halogens is 1. The van der Waals surface area contributed by atoms with Gasteiger partial charge in [0.05, 0.1) is 17.5 Å². The Bertz CT molecular complexity index is 417. The maximum absolute atomic E-state index is 12.4. The van der Waals surface area contributed by atoms with E-state index in [1.165, 1.54) is 19.1 Å². The number of nitrogens with zero attached hydrogens (tertiary/aromatic N) is 2. The molecule has 4 heteroatoms. The molecule has 15 heavy (non-hydrogen) atoms. The molecule has 1 atom stereocenters. The number of hydrogen-bond donors (Lipinski definition) is 0. The summed E-state index contributed by atoms with van der Waals surface area (Å²) in [6.07, 6.45) is 7.83. The molecular weight excluding hydrogens is 195 g/mol. The highest BCUT2D eigenvalue weighted by Gasteiger charge is 2.19. The van der Waals surface area contributed by atoms with E-state index in [2.05, 4.69) is 10.9 Å². The van der Waals surface area contributed by atoms with Gasteiger partial charge in [0.1, 0.15) is 6.61 Å². The van der Waals surface area contributed by atoms with Crippen LogP contribution in [-0.4, -0.2) is 18.5 Å². The van der Waals surface area contributed by atoms with Gasteiger partial charge in [-0.05, 0) is 19.1 Å². The van der Waals surface area contributed by atoms with Crippen molar-refractivity contribution in [2.45, 2.75) is 13.0 Å². The summed E-state index contributed by atoms with van der Waals surface area (Å²) in [4.78, 5) is 3.93. The maximum Gasteiger partial charge on any atom is 0.226 e. The highest BCUT2D eigenvalue weighted by atomic mass is 19.1. The van der Waals surface area contributed by atoms with Crippen molar-refractivity contribution in [1.82, 2.24) is 0 Å². The van der Waals surface area contributed by atoms with Gasteiger partial charge in [-0.3, -0.25) is 0 Å². The predicted octanol–water partition coefficient (Wildman–Crippen LogP) is 1.74. The summed E-state index contributed by atoms with van der Waals surface area (Å²) in [6, 6.07) is 1.42. The lowest BCUT2D eigenvalue weighted by Crippen LogP contribution is -2.03. The molecule has 0 aromatic heterocycles. The average Bonchev–Trinajstić information content (AvgIpc) is 2.67. The Balaban J connectivity index is 2.88. The van der Waals surface area contributed by atoms with E-state index in [4.69, 9.17) is 16.4 Å². The van der Waals surface area contributed by atoms with Gasteiger partial charge < -0.3 is 4.74 Å². The minimum Gasteiger partial charge on any atom is -0.474 e. The lowest BCUT2D eigenvalue weighted by atomic mass is 10.2. The summed E-state index contributed by atoms with van der Waals surface area (Å²) in [7, 11) is 0. The molecule has 0 aromatic carbocycles. The highest BCUT2D eigenvalue weighted by Crippen LogP contribution is 2.10. The molecule has 76 valence electrons. The third-order valence-electron chi connectivity index (χ3n) is 1.67. The fraction of sp³-hybridized carbons (Fsp3) is 0.273. The van der Waals surface area contributed by atoms with Crippen molar-refractivity contribution in [3.63, 3.8) is 0 Å². The predicted molar refractivity (Wildman–Crippen MR) is 54.6 cm³/mol. The van der Waals surface area contributed by atoms with Crippen LogP contribution < -0.4 is 0 Å². The van der Waals surface area contributed by atoms with Crippen molar-refractivity contribution in [2.75, 3.05) is 6.61 Å². The number of terminal acetylenes is 1. The summed E-state index contributed by atoms with van der Waals surface area (Å²) in [6.45, 7) is 1.50. The molecule has 1 aliphatic rings. The molecule has 0 bridgehead atoms. The largest absolute Gasteiger partial charge is 0.474 e. The number of hydrogen-bond acceptors (Lipinski definition) is 3. The smallest absolute Gasteiger partial charge is 0.226 e. The second kappa shape index (κ2) is 4.97. The van der Waals surface area contributed by atoms with E-state index in [0.29, 0.717) is 5.57 Å². The molecule has 0 saturated heterocycles. The van der Waals surface area contributed by atoms with Gasteiger partial charge in [0.25, 0.3) is 0 Å². The average molecular weight is 204 g/mol. The van der Waals surface area contributed by atoms with Gasteiger partial charge in [0.2, 0.25) is 5.90 Å². The molecule has 0 spiro atoms. The van der Waals surface area contributed by atoms with E-state index in [0.717, 1.165) is 0 Å². The van der Waals surface area contributed by atoms with E-state index in [9.17, 15) is 4.39 Å². The zero-order chi connectivity index (χ0) is 11.3. The zero-order valence-electron chi connectivity index (χ0n) is 8.20. The van der Waals surface area contributed by atoms with Gasteiger partial charge in [0, 0.05) is 0 Å². The van der Waals surface area contributed by atoms with Crippen LogP contribution in [0.2, 0.25) is 0 Å². The molecule has 0 radical (unpaired) electrons. The Morgan fingerprint density at radius 3 is 2.93 bits per heavy atom. The third-order valence-corrected chi connectivity index (χ3v) is 1.67. The number of aliphatic imine (C=N–C) groups is 1. The Morgan fingerprint density at radius 1 is 1.73 bits per heavy atom. The summed E-state index contributed by atoms with van der Waals surface area (Å²) in [5.74, 6) is 2.19. The van der Waals surface area contributed by atoms with Gasteiger partial charge in [-0.15, -0.1) is 6.42 Å². The van der Waals surface area contributed by atoms with Crippen molar-refractivity contribution in [3.05, 3.63) is 23.6 Å². The third kappa shape index (κ3) is 2.96. The normalized spacial score (nSPS) is 21.3. The first-order valence-corrected chi connectivity index (χ1v) is 4.28.